The molecule has 2 rings (SSSR count). The molecule has 0 aromatic heterocycles. The quantitative estimate of drug-likeness (QED) is 0.219. The van der Waals surface area contributed by atoms with Crippen LogP contribution in [0, 0.1) is 0 Å². The summed E-state index contributed by atoms with van der Waals surface area (Å²) in [5.41, 5.74) is 1.60. The van der Waals surface area contributed by atoms with Crippen molar-refractivity contribution in [2.75, 3.05) is 13.1 Å². The minimum absolute atomic E-state index is 0.258. The van der Waals surface area contributed by atoms with Crippen molar-refractivity contribution in [2.45, 2.75) is 88.4 Å². The lowest BCUT2D eigenvalue weighted by molar-refractivity contribution is -0.136. The molecule has 1 N–H and O–H groups in total. The summed E-state index contributed by atoms with van der Waals surface area (Å²) < 4.78 is 5.63. The van der Waals surface area contributed by atoms with E-state index in [0.29, 0.717) is 19.5 Å². The molecule has 1 amide bonds. The van der Waals surface area contributed by atoms with E-state index in [9.17, 15) is 14.7 Å². The van der Waals surface area contributed by atoms with Gasteiger partial charge in [-0.05, 0) is 63.3 Å². The summed E-state index contributed by atoms with van der Waals surface area (Å²) in [5.74, 6) is -0.810. The second kappa shape index (κ2) is 14.8. The first-order valence-electron chi connectivity index (χ1n) is 12.7. The topological polar surface area (TPSA) is 66.8 Å². The monoisotopic (exact) mass is 499 g/mol. The van der Waals surface area contributed by atoms with Crippen LogP contribution in [-0.4, -0.2) is 46.0 Å². The lowest BCUT2D eigenvalue weighted by Gasteiger charge is -2.27. The summed E-state index contributed by atoms with van der Waals surface area (Å²) in [6.07, 6.45) is 6.65. The number of rotatable bonds is 14. The zero-order valence-corrected chi connectivity index (χ0v) is 22.5. The van der Waals surface area contributed by atoms with Crippen LogP contribution in [0.4, 0.5) is 4.79 Å². The number of amides is 1. The second-order valence-electron chi connectivity index (χ2n) is 9.91. The molecule has 1 atom stereocenters. The standard InChI is InChI=1S/C29H41NO4S/c1-5-6-7-8-12-20-30(28(33)34-29(2,3)4)21-19-23-15-17-24(18-16-23)22-26(27(31)32)35-25-13-10-9-11-14-25/h9-11,13-18,26H,5-8,12,19-22H2,1-4H3,(H,31,32). The zero-order valence-electron chi connectivity index (χ0n) is 21.7. The number of hydrogen-bond donors (Lipinski definition) is 1. The van der Waals surface area contributed by atoms with Crippen molar-refractivity contribution in [3.05, 3.63) is 65.7 Å². The van der Waals surface area contributed by atoms with Crippen molar-refractivity contribution in [1.82, 2.24) is 4.90 Å². The largest absolute Gasteiger partial charge is 0.480 e. The van der Waals surface area contributed by atoms with E-state index >= 15 is 0 Å². The molecule has 0 radical (unpaired) electrons. The highest BCUT2D eigenvalue weighted by atomic mass is 32.2. The molecule has 5 nitrogen and oxygen atoms in total. The molecular weight excluding hydrogens is 458 g/mol. The number of carboxylic acid groups (broad SMARTS) is 1. The van der Waals surface area contributed by atoms with Gasteiger partial charge in [-0.1, -0.05) is 75.1 Å². The van der Waals surface area contributed by atoms with Crippen LogP contribution >= 0.6 is 11.8 Å². The molecule has 0 saturated carbocycles. The van der Waals surface area contributed by atoms with Gasteiger partial charge in [0.25, 0.3) is 0 Å². The minimum atomic E-state index is -0.810. The van der Waals surface area contributed by atoms with Gasteiger partial charge in [0.2, 0.25) is 0 Å². The van der Waals surface area contributed by atoms with E-state index < -0.39 is 16.8 Å². The molecule has 35 heavy (non-hydrogen) atoms. The lowest BCUT2D eigenvalue weighted by atomic mass is 10.1. The number of hydrogen-bond acceptors (Lipinski definition) is 4. The van der Waals surface area contributed by atoms with Crippen molar-refractivity contribution in [3.63, 3.8) is 0 Å². The molecule has 1 unspecified atom stereocenters. The van der Waals surface area contributed by atoms with Crippen molar-refractivity contribution < 1.29 is 19.4 Å². The Morgan fingerprint density at radius 2 is 1.54 bits per heavy atom. The minimum Gasteiger partial charge on any atom is -0.480 e. The number of ether oxygens (including phenoxy) is 1. The number of benzene rings is 2. The zero-order chi connectivity index (χ0) is 25.7. The predicted molar refractivity (Wildman–Crippen MR) is 144 cm³/mol. The third-order valence-corrected chi connectivity index (χ3v) is 6.79. The number of carboxylic acids is 1. The Kier molecular flexibility index (Phi) is 12.2. The lowest BCUT2D eigenvalue weighted by Crippen LogP contribution is -2.38. The van der Waals surface area contributed by atoms with Crippen LogP contribution in [0.25, 0.3) is 0 Å². The summed E-state index contributed by atoms with van der Waals surface area (Å²) in [7, 11) is 0. The van der Waals surface area contributed by atoms with Gasteiger partial charge in [-0.2, -0.15) is 0 Å². The number of carbonyl (C=O) groups excluding carboxylic acids is 1. The molecule has 0 spiro atoms. The molecule has 192 valence electrons. The Morgan fingerprint density at radius 1 is 0.914 bits per heavy atom. The average Bonchev–Trinajstić information content (AvgIpc) is 2.80. The second-order valence-corrected chi connectivity index (χ2v) is 11.2. The van der Waals surface area contributed by atoms with Crippen molar-refractivity contribution in [2.24, 2.45) is 0 Å². The molecule has 2 aromatic carbocycles. The first kappa shape index (κ1) is 28.8. The molecule has 0 bridgehead atoms. The highest BCUT2D eigenvalue weighted by Gasteiger charge is 2.22. The normalized spacial score (nSPS) is 12.2. The van der Waals surface area contributed by atoms with E-state index in [0.717, 1.165) is 35.3 Å². The van der Waals surface area contributed by atoms with Crippen LogP contribution in [-0.2, 0) is 22.4 Å². The summed E-state index contributed by atoms with van der Waals surface area (Å²) in [4.78, 5) is 27.3. The van der Waals surface area contributed by atoms with Crippen LogP contribution in [0.2, 0.25) is 0 Å². The van der Waals surface area contributed by atoms with Gasteiger partial charge < -0.3 is 14.7 Å². The summed E-state index contributed by atoms with van der Waals surface area (Å²) in [6, 6.07) is 17.7. The van der Waals surface area contributed by atoms with E-state index in [4.69, 9.17) is 4.74 Å². The Labute approximate surface area is 215 Å². The molecule has 0 aliphatic rings. The van der Waals surface area contributed by atoms with E-state index in [-0.39, 0.29) is 6.09 Å². The molecule has 0 saturated heterocycles. The fraction of sp³-hybridized carbons (Fsp3) is 0.517. The van der Waals surface area contributed by atoms with Crippen molar-refractivity contribution >= 4 is 23.8 Å². The summed E-state index contributed by atoms with van der Waals surface area (Å²) in [6.45, 7) is 9.18. The van der Waals surface area contributed by atoms with Gasteiger partial charge in [0.1, 0.15) is 10.9 Å². The van der Waals surface area contributed by atoms with Gasteiger partial charge in [0, 0.05) is 18.0 Å². The Bertz CT molecular complexity index is 893. The van der Waals surface area contributed by atoms with Crippen molar-refractivity contribution in [1.29, 1.82) is 0 Å². The molecular formula is C29H41NO4S. The Hall–Kier alpha value is -2.47. The van der Waals surface area contributed by atoms with Gasteiger partial charge in [-0.25, -0.2) is 4.79 Å². The molecule has 0 fully saturated rings. The maximum Gasteiger partial charge on any atom is 0.410 e. The van der Waals surface area contributed by atoms with Gasteiger partial charge >= 0.3 is 12.1 Å². The fourth-order valence-electron chi connectivity index (χ4n) is 3.69. The first-order chi connectivity index (χ1) is 16.7. The van der Waals surface area contributed by atoms with Crippen LogP contribution in [0.1, 0.15) is 70.9 Å². The fourth-order valence-corrected chi connectivity index (χ4v) is 4.71. The van der Waals surface area contributed by atoms with Crippen LogP contribution in [0.3, 0.4) is 0 Å². The predicted octanol–water partition coefficient (Wildman–Crippen LogP) is 7.22. The van der Waals surface area contributed by atoms with E-state index in [1.54, 1.807) is 0 Å². The van der Waals surface area contributed by atoms with E-state index in [2.05, 4.69) is 6.92 Å². The molecule has 6 heteroatoms. The summed E-state index contributed by atoms with van der Waals surface area (Å²) >= 11 is 1.37. The highest BCUT2D eigenvalue weighted by Crippen LogP contribution is 2.26. The smallest absolute Gasteiger partial charge is 0.410 e. The SMILES string of the molecule is CCCCCCCN(CCc1ccc(CC(Sc2ccccc2)C(=O)O)cc1)C(=O)OC(C)(C)C. The number of unbranched alkanes of at least 4 members (excludes halogenated alkanes) is 4. The number of nitrogens with zero attached hydrogens (tertiary/aromatic N) is 1. The van der Waals surface area contributed by atoms with Gasteiger partial charge in [0.15, 0.2) is 0 Å². The van der Waals surface area contributed by atoms with Gasteiger partial charge in [-0.15, -0.1) is 11.8 Å². The third kappa shape index (κ3) is 11.7. The maximum atomic E-state index is 12.7. The van der Waals surface area contributed by atoms with Crippen LogP contribution in [0.15, 0.2) is 59.5 Å². The molecule has 0 aliphatic heterocycles. The molecule has 0 aliphatic carbocycles. The third-order valence-electron chi connectivity index (χ3n) is 5.59. The van der Waals surface area contributed by atoms with E-state index in [1.807, 2.05) is 80.3 Å². The Balaban J connectivity index is 1.94. The number of carbonyl (C=O) groups is 2. The van der Waals surface area contributed by atoms with Crippen molar-refractivity contribution in [3.8, 4) is 0 Å². The van der Waals surface area contributed by atoms with Gasteiger partial charge in [-0.3, -0.25) is 4.79 Å². The number of aliphatic carboxylic acids is 1. The summed E-state index contributed by atoms with van der Waals surface area (Å²) in [5, 5.41) is 9.13. The number of thioether (sulfide) groups is 1. The highest BCUT2D eigenvalue weighted by molar-refractivity contribution is 8.00. The van der Waals surface area contributed by atoms with Gasteiger partial charge in [0.05, 0.1) is 0 Å². The van der Waals surface area contributed by atoms with Crippen LogP contribution in [0.5, 0.6) is 0 Å². The molecule has 2 aromatic rings. The van der Waals surface area contributed by atoms with Crippen LogP contribution < -0.4 is 0 Å². The average molecular weight is 500 g/mol. The first-order valence-corrected chi connectivity index (χ1v) is 13.6. The maximum absolute atomic E-state index is 12.7. The van der Waals surface area contributed by atoms with E-state index in [1.165, 1.54) is 31.0 Å². The molecule has 0 heterocycles. The Morgan fingerprint density at radius 3 is 2.14 bits per heavy atom.